The number of benzene rings is 2. The molecule has 0 aliphatic heterocycles. The van der Waals surface area contributed by atoms with Gasteiger partial charge in [-0.05, 0) is 32.0 Å². The molecule has 2 N–H and O–H groups in total. The zero-order valence-corrected chi connectivity index (χ0v) is 16.4. The number of carbonyl (C=O) groups excluding carboxylic acids is 1. The van der Waals surface area contributed by atoms with Gasteiger partial charge in [0, 0.05) is 35.9 Å². The van der Waals surface area contributed by atoms with Gasteiger partial charge < -0.3 is 15.2 Å². The van der Waals surface area contributed by atoms with Gasteiger partial charge in [0.05, 0.1) is 10.6 Å². The van der Waals surface area contributed by atoms with Gasteiger partial charge in [0.15, 0.2) is 9.84 Å². The maximum atomic E-state index is 12.9. The summed E-state index contributed by atoms with van der Waals surface area (Å²) in [5.74, 6) is -0.164. The van der Waals surface area contributed by atoms with E-state index in [1.165, 1.54) is 0 Å². The molecule has 2 aromatic carbocycles. The Morgan fingerprint density at radius 1 is 1.04 bits per heavy atom. The number of hydrogen-bond donors (Lipinski definition) is 2. The highest BCUT2D eigenvalue weighted by Crippen LogP contribution is 2.29. The zero-order valence-electron chi connectivity index (χ0n) is 15.6. The second kappa shape index (κ2) is 7.44. The van der Waals surface area contributed by atoms with Gasteiger partial charge in [-0.3, -0.25) is 0 Å². The first-order valence-electron chi connectivity index (χ1n) is 8.68. The number of sulfone groups is 1. The number of nitrogens with one attached hydrogen (secondary N) is 2. The molecule has 0 radical (unpaired) electrons. The van der Waals surface area contributed by atoms with E-state index >= 15 is 0 Å². The number of aromatic nitrogens is 1. The van der Waals surface area contributed by atoms with Crippen LogP contribution >= 0.6 is 0 Å². The van der Waals surface area contributed by atoms with E-state index in [4.69, 9.17) is 0 Å². The van der Waals surface area contributed by atoms with Gasteiger partial charge in [0.2, 0.25) is 0 Å². The maximum absolute atomic E-state index is 12.9. The summed E-state index contributed by atoms with van der Waals surface area (Å²) in [6, 6.07) is 14.4. The molecule has 0 aliphatic rings. The van der Waals surface area contributed by atoms with E-state index in [9.17, 15) is 13.2 Å². The van der Waals surface area contributed by atoms with Crippen LogP contribution in [0.15, 0.2) is 53.4 Å². The van der Waals surface area contributed by atoms with Gasteiger partial charge in [-0.15, -0.1) is 0 Å². The minimum Gasteiger partial charge on any atom is -0.347 e. The fraction of sp³-hybridized carbons (Fsp3) is 0.250. The van der Waals surface area contributed by atoms with Crippen molar-refractivity contribution in [2.24, 2.45) is 7.05 Å². The second-order valence-corrected chi connectivity index (χ2v) is 8.60. The smallest absolute Gasteiger partial charge is 0.319 e. The van der Waals surface area contributed by atoms with Crippen LogP contribution in [0, 0.1) is 13.8 Å². The molecular formula is C20H23N3O3S. The molecule has 3 rings (SSSR count). The van der Waals surface area contributed by atoms with Crippen LogP contribution in [0.1, 0.15) is 11.3 Å². The lowest BCUT2D eigenvalue weighted by Crippen LogP contribution is -2.32. The second-order valence-electron chi connectivity index (χ2n) is 6.56. The average Bonchev–Trinajstić information content (AvgIpc) is 2.89. The quantitative estimate of drug-likeness (QED) is 0.706. The van der Waals surface area contributed by atoms with Gasteiger partial charge in [-0.25, -0.2) is 13.2 Å². The minimum atomic E-state index is -3.53. The van der Waals surface area contributed by atoms with E-state index in [0.29, 0.717) is 21.7 Å². The van der Waals surface area contributed by atoms with Crippen LogP contribution in [0.3, 0.4) is 0 Å². The minimum absolute atomic E-state index is 0.0304. The number of hydrogen-bond acceptors (Lipinski definition) is 3. The van der Waals surface area contributed by atoms with Crippen LogP contribution in [0.4, 0.5) is 10.5 Å². The van der Waals surface area contributed by atoms with Crippen LogP contribution < -0.4 is 10.6 Å². The van der Waals surface area contributed by atoms with E-state index in [2.05, 4.69) is 10.6 Å². The molecule has 0 spiro atoms. The van der Waals surface area contributed by atoms with E-state index in [1.807, 2.05) is 54.9 Å². The maximum Gasteiger partial charge on any atom is 0.319 e. The number of para-hydroxylation sites is 1. The summed E-state index contributed by atoms with van der Waals surface area (Å²) in [4.78, 5) is 12.3. The molecule has 0 aliphatic carbocycles. The molecule has 0 atom stereocenters. The molecule has 0 fully saturated rings. The van der Waals surface area contributed by atoms with Gasteiger partial charge in [0.1, 0.15) is 0 Å². The van der Waals surface area contributed by atoms with E-state index < -0.39 is 15.9 Å². The lowest BCUT2D eigenvalue weighted by atomic mass is 10.2. The molecule has 0 bridgehead atoms. The van der Waals surface area contributed by atoms with Crippen molar-refractivity contribution in [3.05, 3.63) is 59.8 Å². The SMILES string of the molecule is Cc1ccc(NC(=O)NCCS(=O)(=O)c2c(C)n(C)c3ccccc23)cc1. The van der Waals surface area contributed by atoms with Gasteiger partial charge in [0.25, 0.3) is 0 Å². The summed E-state index contributed by atoms with van der Waals surface area (Å²) < 4.78 is 27.6. The first-order chi connectivity index (χ1) is 12.8. The molecule has 1 heterocycles. The van der Waals surface area contributed by atoms with Gasteiger partial charge >= 0.3 is 6.03 Å². The van der Waals surface area contributed by atoms with Crippen molar-refractivity contribution in [2.75, 3.05) is 17.6 Å². The predicted octanol–water partition coefficient (Wildman–Crippen LogP) is 3.39. The van der Waals surface area contributed by atoms with Crippen molar-refractivity contribution < 1.29 is 13.2 Å². The summed E-state index contributed by atoms with van der Waals surface area (Å²) in [7, 11) is -1.68. The molecule has 6 nitrogen and oxygen atoms in total. The predicted molar refractivity (Wildman–Crippen MR) is 108 cm³/mol. The zero-order chi connectivity index (χ0) is 19.6. The van der Waals surface area contributed by atoms with E-state index in [0.717, 1.165) is 11.1 Å². The number of nitrogens with zero attached hydrogens (tertiary/aromatic N) is 1. The number of rotatable bonds is 5. The van der Waals surface area contributed by atoms with E-state index in [-0.39, 0.29) is 12.3 Å². The third-order valence-corrected chi connectivity index (χ3v) is 6.50. The van der Waals surface area contributed by atoms with Crippen LogP contribution in [0.25, 0.3) is 10.9 Å². The van der Waals surface area contributed by atoms with Crippen LogP contribution in [-0.4, -0.2) is 31.3 Å². The molecule has 0 unspecified atom stereocenters. The Labute approximate surface area is 159 Å². The summed E-state index contributed by atoms with van der Waals surface area (Å²) in [6.45, 7) is 3.79. The Bertz CT molecular complexity index is 1080. The first-order valence-corrected chi connectivity index (χ1v) is 10.3. The fourth-order valence-electron chi connectivity index (χ4n) is 3.09. The largest absolute Gasteiger partial charge is 0.347 e. The molecular weight excluding hydrogens is 362 g/mol. The summed E-state index contributed by atoms with van der Waals surface area (Å²) >= 11 is 0. The van der Waals surface area contributed by atoms with Crippen molar-refractivity contribution >= 4 is 32.5 Å². The van der Waals surface area contributed by atoms with Crippen molar-refractivity contribution in [3.8, 4) is 0 Å². The summed E-state index contributed by atoms with van der Waals surface area (Å²) in [5, 5.41) is 6.01. The highest BCUT2D eigenvalue weighted by molar-refractivity contribution is 7.91. The summed E-state index contributed by atoms with van der Waals surface area (Å²) in [6.07, 6.45) is 0. The normalized spacial score (nSPS) is 11.5. The third kappa shape index (κ3) is 3.98. The molecule has 27 heavy (non-hydrogen) atoms. The lowest BCUT2D eigenvalue weighted by Gasteiger charge is -2.09. The Morgan fingerprint density at radius 3 is 2.41 bits per heavy atom. The molecule has 3 aromatic rings. The average molecular weight is 385 g/mol. The van der Waals surface area contributed by atoms with Crippen molar-refractivity contribution in [2.45, 2.75) is 18.7 Å². The van der Waals surface area contributed by atoms with E-state index in [1.54, 1.807) is 19.1 Å². The Morgan fingerprint density at radius 2 is 1.70 bits per heavy atom. The highest BCUT2D eigenvalue weighted by atomic mass is 32.2. The molecule has 7 heteroatoms. The number of aryl methyl sites for hydroxylation is 2. The third-order valence-electron chi connectivity index (χ3n) is 4.62. The Hall–Kier alpha value is -2.80. The number of anilines is 1. The van der Waals surface area contributed by atoms with Crippen LogP contribution in [0.5, 0.6) is 0 Å². The monoisotopic (exact) mass is 385 g/mol. The highest BCUT2D eigenvalue weighted by Gasteiger charge is 2.23. The standard InChI is InChI=1S/C20H23N3O3S/c1-14-8-10-16(11-9-14)22-20(24)21-12-13-27(25,26)19-15(2)23(3)18-7-5-4-6-17(18)19/h4-11H,12-13H2,1-3H3,(H2,21,22,24). The Kier molecular flexibility index (Phi) is 5.23. The topological polar surface area (TPSA) is 80.2 Å². The van der Waals surface area contributed by atoms with Crippen molar-refractivity contribution in [1.29, 1.82) is 0 Å². The van der Waals surface area contributed by atoms with Crippen molar-refractivity contribution in [3.63, 3.8) is 0 Å². The molecule has 2 amide bonds. The van der Waals surface area contributed by atoms with Crippen LogP contribution in [-0.2, 0) is 16.9 Å². The van der Waals surface area contributed by atoms with Crippen molar-refractivity contribution in [1.82, 2.24) is 9.88 Å². The number of fused-ring (bicyclic) bond motifs is 1. The lowest BCUT2D eigenvalue weighted by molar-refractivity contribution is 0.252. The number of urea groups is 1. The molecule has 142 valence electrons. The molecule has 0 saturated heterocycles. The van der Waals surface area contributed by atoms with Gasteiger partial charge in [-0.1, -0.05) is 35.9 Å². The molecule has 0 saturated carbocycles. The van der Waals surface area contributed by atoms with Crippen LogP contribution in [0.2, 0.25) is 0 Å². The summed E-state index contributed by atoms with van der Waals surface area (Å²) in [5.41, 5.74) is 3.32. The first kappa shape index (κ1) is 19.0. The fourth-order valence-corrected chi connectivity index (χ4v) is 4.76. The van der Waals surface area contributed by atoms with Gasteiger partial charge in [-0.2, -0.15) is 0 Å². The number of amides is 2. The number of carbonyl (C=O) groups is 1. The molecule has 1 aromatic heterocycles. The Balaban J connectivity index is 1.68.